The molecule has 1 fully saturated rings. The van der Waals surface area contributed by atoms with Crippen LogP contribution in [0.3, 0.4) is 0 Å². The Morgan fingerprint density at radius 3 is 2.90 bits per heavy atom. The molecule has 0 aromatic carbocycles. The van der Waals surface area contributed by atoms with E-state index in [1.54, 1.807) is 0 Å². The number of rotatable bonds is 2. The molecule has 0 bridgehead atoms. The highest BCUT2D eigenvalue weighted by molar-refractivity contribution is 6.27. The Labute approximate surface area is 123 Å². The molecule has 0 unspecified atom stereocenters. The number of alkyl halides is 1. The lowest BCUT2D eigenvalue weighted by atomic mass is 9.80. The Kier molecular flexibility index (Phi) is 3.73. The Morgan fingerprint density at radius 2 is 2.25 bits per heavy atom. The minimum absolute atomic E-state index is 0.00488. The Hall–Kier alpha value is -1.07. The molecule has 1 amide bonds. The van der Waals surface area contributed by atoms with E-state index in [0.717, 1.165) is 38.0 Å². The predicted octanol–water partition coefficient (Wildman–Crippen LogP) is 1.53. The van der Waals surface area contributed by atoms with Crippen molar-refractivity contribution in [2.75, 3.05) is 25.6 Å². The van der Waals surface area contributed by atoms with Gasteiger partial charge < -0.3 is 14.2 Å². The summed E-state index contributed by atoms with van der Waals surface area (Å²) >= 11 is 5.80. The van der Waals surface area contributed by atoms with E-state index in [4.69, 9.17) is 16.3 Å². The number of amides is 1. The SMILES string of the molecule is CCn1cnc2c1CCN(C(=O)CCl)C21CCOCC1. The summed E-state index contributed by atoms with van der Waals surface area (Å²) in [7, 11) is 0. The van der Waals surface area contributed by atoms with Crippen molar-refractivity contribution in [1.29, 1.82) is 0 Å². The maximum atomic E-state index is 12.2. The number of aryl methyl sites for hydroxylation is 1. The third kappa shape index (κ3) is 1.95. The van der Waals surface area contributed by atoms with Gasteiger partial charge in [-0.2, -0.15) is 0 Å². The average Bonchev–Trinajstić information content (AvgIpc) is 2.92. The molecule has 0 aliphatic carbocycles. The molecule has 0 saturated carbocycles. The molecule has 3 heterocycles. The normalized spacial score (nSPS) is 21.0. The maximum absolute atomic E-state index is 12.2. The van der Waals surface area contributed by atoms with Gasteiger partial charge in [0, 0.05) is 38.4 Å². The lowest BCUT2D eigenvalue weighted by Crippen LogP contribution is -2.56. The molecule has 5 nitrogen and oxygen atoms in total. The van der Waals surface area contributed by atoms with Gasteiger partial charge in [-0.1, -0.05) is 0 Å². The third-order valence-corrected chi connectivity index (χ3v) is 4.78. The van der Waals surface area contributed by atoms with E-state index < -0.39 is 0 Å². The average molecular weight is 298 g/mol. The van der Waals surface area contributed by atoms with Gasteiger partial charge in [0.2, 0.25) is 5.91 Å². The summed E-state index contributed by atoms with van der Waals surface area (Å²) in [6, 6.07) is 0. The highest BCUT2D eigenvalue weighted by Gasteiger charge is 2.48. The van der Waals surface area contributed by atoms with Crippen molar-refractivity contribution in [3.8, 4) is 0 Å². The topological polar surface area (TPSA) is 47.4 Å². The van der Waals surface area contributed by atoms with Gasteiger partial charge >= 0.3 is 0 Å². The first-order valence-corrected chi connectivity index (χ1v) is 7.75. The van der Waals surface area contributed by atoms with Crippen molar-refractivity contribution in [3.05, 3.63) is 17.7 Å². The molecule has 20 heavy (non-hydrogen) atoms. The first-order valence-electron chi connectivity index (χ1n) is 7.21. The van der Waals surface area contributed by atoms with E-state index in [2.05, 4.69) is 16.5 Å². The van der Waals surface area contributed by atoms with E-state index in [0.29, 0.717) is 13.2 Å². The second-order valence-corrected chi connectivity index (χ2v) is 5.67. The van der Waals surface area contributed by atoms with Crippen LogP contribution in [-0.4, -0.2) is 46.0 Å². The first-order chi connectivity index (χ1) is 9.73. The predicted molar refractivity (Wildman–Crippen MR) is 75.8 cm³/mol. The lowest BCUT2D eigenvalue weighted by molar-refractivity contribution is -0.141. The summed E-state index contributed by atoms with van der Waals surface area (Å²) < 4.78 is 7.69. The number of carbonyl (C=O) groups is 1. The van der Waals surface area contributed by atoms with E-state index in [-0.39, 0.29) is 17.3 Å². The van der Waals surface area contributed by atoms with Crippen molar-refractivity contribution in [2.24, 2.45) is 0 Å². The highest BCUT2D eigenvalue weighted by Crippen LogP contribution is 2.42. The Morgan fingerprint density at radius 1 is 1.50 bits per heavy atom. The van der Waals surface area contributed by atoms with Crippen LogP contribution in [0.2, 0.25) is 0 Å². The molecule has 2 aliphatic heterocycles. The van der Waals surface area contributed by atoms with Crippen molar-refractivity contribution in [2.45, 2.75) is 38.3 Å². The summed E-state index contributed by atoms with van der Waals surface area (Å²) in [6.45, 7) is 5.10. The van der Waals surface area contributed by atoms with Crippen molar-refractivity contribution >= 4 is 17.5 Å². The molecule has 1 saturated heterocycles. The van der Waals surface area contributed by atoms with E-state index >= 15 is 0 Å². The van der Waals surface area contributed by atoms with E-state index in [1.165, 1.54) is 5.69 Å². The largest absolute Gasteiger partial charge is 0.381 e. The molecule has 1 aromatic heterocycles. The van der Waals surface area contributed by atoms with E-state index in [9.17, 15) is 4.79 Å². The van der Waals surface area contributed by atoms with Crippen LogP contribution in [-0.2, 0) is 28.0 Å². The number of halogens is 1. The van der Waals surface area contributed by atoms with Crippen LogP contribution in [0.25, 0.3) is 0 Å². The number of hydrogen-bond acceptors (Lipinski definition) is 3. The Balaban J connectivity index is 2.07. The number of carbonyl (C=O) groups excluding carboxylic acids is 1. The molecule has 1 aromatic rings. The van der Waals surface area contributed by atoms with Gasteiger partial charge in [-0.15, -0.1) is 11.6 Å². The van der Waals surface area contributed by atoms with Gasteiger partial charge in [0.05, 0.1) is 17.6 Å². The second-order valence-electron chi connectivity index (χ2n) is 5.40. The lowest BCUT2D eigenvalue weighted by Gasteiger charge is -2.48. The number of hydrogen-bond donors (Lipinski definition) is 0. The standard InChI is InChI=1S/C14H20ClN3O2/c1-2-17-10-16-13-11(17)3-6-18(12(19)9-15)14(13)4-7-20-8-5-14/h10H,2-9H2,1H3. The smallest absolute Gasteiger partial charge is 0.238 e. The monoisotopic (exact) mass is 297 g/mol. The molecule has 0 radical (unpaired) electrons. The maximum Gasteiger partial charge on any atom is 0.238 e. The number of imidazole rings is 1. The van der Waals surface area contributed by atoms with Gasteiger partial charge in [-0.05, 0) is 19.8 Å². The van der Waals surface area contributed by atoms with Gasteiger partial charge in [-0.3, -0.25) is 4.79 Å². The zero-order valence-electron chi connectivity index (χ0n) is 11.8. The van der Waals surface area contributed by atoms with Crippen LogP contribution in [0, 0.1) is 0 Å². The molecule has 3 rings (SSSR count). The van der Waals surface area contributed by atoms with Gasteiger partial charge in [0.15, 0.2) is 0 Å². The van der Waals surface area contributed by atoms with E-state index in [1.807, 2.05) is 11.2 Å². The zero-order valence-corrected chi connectivity index (χ0v) is 12.5. The summed E-state index contributed by atoms with van der Waals surface area (Å²) in [5, 5.41) is 0. The second kappa shape index (κ2) is 5.37. The third-order valence-electron chi connectivity index (χ3n) is 4.55. The molecule has 1 spiro atoms. The molecular weight excluding hydrogens is 278 g/mol. The van der Waals surface area contributed by atoms with Crippen molar-refractivity contribution < 1.29 is 9.53 Å². The minimum Gasteiger partial charge on any atom is -0.381 e. The number of fused-ring (bicyclic) bond motifs is 2. The fraction of sp³-hybridized carbons (Fsp3) is 0.714. The van der Waals surface area contributed by atoms with Crippen LogP contribution in [0.5, 0.6) is 0 Å². The fourth-order valence-corrected chi connectivity index (χ4v) is 3.69. The van der Waals surface area contributed by atoms with Crippen LogP contribution < -0.4 is 0 Å². The molecule has 0 N–H and O–H groups in total. The van der Waals surface area contributed by atoms with Crippen molar-refractivity contribution in [3.63, 3.8) is 0 Å². The minimum atomic E-state index is -0.307. The quantitative estimate of drug-likeness (QED) is 0.778. The molecule has 2 aliphatic rings. The van der Waals surface area contributed by atoms with Gasteiger partial charge in [0.1, 0.15) is 5.88 Å². The molecule has 0 atom stereocenters. The Bertz CT molecular complexity index is 509. The summed E-state index contributed by atoms with van der Waals surface area (Å²) in [5.41, 5.74) is 2.03. The first kappa shape index (κ1) is 13.9. The summed E-state index contributed by atoms with van der Waals surface area (Å²) in [5.74, 6) is 0.0390. The van der Waals surface area contributed by atoms with Crippen LogP contribution in [0.4, 0.5) is 0 Å². The van der Waals surface area contributed by atoms with Crippen molar-refractivity contribution in [1.82, 2.24) is 14.5 Å². The van der Waals surface area contributed by atoms with Crippen LogP contribution in [0.1, 0.15) is 31.2 Å². The molecule has 110 valence electrons. The summed E-state index contributed by atoms with van der Waals surface area (Å²) in [4.78, 5) is 18.8. The fourth-order valence-electron chi connectivity index (χ4n) is 3.54. The molecular formula is C14H20ClN3O2. The van der Waals surface area contributed by atoms with Crippen LogP contribution >= 0.6 is 11.6 Å². The number of nitrogens with zero attached hydrogens (tertiary/aromatic N) is 3. The van der Waals surface area contributed by atoms with Gasteiger partial charge in [-0.25, -0.2) is 4.98 Å². The molecule has 6 heteroatoms. The summed E-state index contributed by atoms with van der Waals surface area (Å²) in [6.07, 6.45) is 4.37. The highest BCUT2D eigenvalue weighted by atomic mass is 35.5. The number of aromatic nitrogens is 2. The van der Waals surface area contributed by atoms with Crippen LogP contribution in [0.15, 0.2) is 6.33 Å². The van der Waals surface area contributed by atoms with Gasteiger partial charge in [0.25, 0.3) is 0 Å². The number of ether oxygens (including phenoxy) is 1. The zero-order chi connectivity index (χ0) is 14.2.